The fourth-order valence-corrected chi connectivity index (χ4v) is 2.08. The van der Waals surface area contributed by atoms with Crippen LogP contribution in [0, 0.1) is 11.8 Å². The van der Waals surface area contributed by atoms with Gasteiger partial charge in [0.1, 0.15) is 0 Å². The van der Waals surface area contributed by atoms with Gasteiger partial charge in [-0.3, -0.25) is 0 Å². The first kappa shape index (κ1) is 17.9. The molecule has 0 radical (unpaired) electrons. The molecule has 2 nitrogen and oxygen atoms in total. The van der Waals surface area contributed by atoms with Crippen LogP contribution in [0.5, 0.6) is 0 Å². The van der Waals surface area contributed by atoms with E-state index in [2.05, 4.69) is 26.8 Å². The number of carboxylic acids is 1. The summed E-state index contributed by atoms with van der Waals surface area (Å²) in [5.41, 5.74) is 0.803. The van der Waals surface area contributed by atoms with Crippen LogP contribution in [0.3, 0.4) is 0 Å². The highest BCUT2D eigenvalue weighted by Crippen LogP contribution is 2.17. The van der Waals surface area contributed by atoms with Gasteiger partial charge in [-0.05, 0) is 37.2 Å². The molecule has 110 valence electrons. The molecule has 0 aromatic rings. The van der Waals surface area contributed by atoms with Crippen LogP contribution in [0.2, 0.25) is 0 Å². The average Bonchev–Trinajstić information content (AvgIpc) is 2.29. The van der Waals surface area contributed by atoms with Crippen molar-refractivity contribution in [1.82, 2.24) is 0 Å². The normalized spacial score (nSPS) is 14.3. The summed E-state index contributed by atoms with van der Waals surface area (Å²) in [6.07, 6.45) is 12.8. The summed E-state index contributed by atoms with van der Waals surface area (Å²) in [4.78, 5) is 10.4. The second kappa shape index (κ2) is 10.8. The summed E-state index contributed by atoms with van der Waals surface area (Å²) in [6.45, 7) is 8.69. The van der Waals surface area contributed by atoms with Crippen molar-refractivity contribution >= 4 is 5.97 Å². The highest BCUT2D eigenvalue weighted by atomic mass is 16.4. The van der Waals surface area contributed by atoms with E-state index in [-0.39, 0.29) is 0 Å². The lowest BCUT2D eigenvalue weighted by Crippen LogP contribution is -1.95. The van der Waals surface area contributed by atoms with Crippen molar-refractivity contribution in [3.63, 3.8) is 0 Å². The van der Waals surface area contributed by atoms with Crippen molar-refractivity contribution in [2.24, 2.45) is 11.8 Å². The molecular weight excluding hydrogens is 236 g/mol. The number of hydrogen-bond donors (Lipinski definition) is 1. The molecule has 0 rings (SSSR count). The van der Waals surface area contributed by atoms with Crippen LogP contribution in [-0.4, -0.2) is 11.1 Å². The smallest absolute Gasteiger partial charge is 0.328 e. The quantitative estimate of drug-likeness (QED) is 0.335. The van der Waals surface area contributed by atoms with Gasteiger partial charge in [-0.1, -0.05) is 58.6 Å². The molecule has 0 spiro atoms. The van der Waals surface area contributed by atoms with Gasteiger partial charge in [-0.25, -0.2) is 4.79 Å². The lowest BCUT2D eigenvalue weighted by atomic mass is 9.96. The van der Waals surface area contributed by atoms with Gasteiger partial charge in [-0.2, -0.15) is 0 Å². The van der Waals surface area contributed by atoms with Crippen LogP contribution in [0.25, 0.3) is 0 Å². The van der Waals surface area contributed by atoms with E-state index in [4.69, 9.17) is 5.11 Å². The van der Waals surface area contributed by atoms with Crippen LogP contribution in [0.1, 0.15) is 66.2 Å². The van der Waals surface area contributed by atoms with Crippen molar-refractivity contribution < 1.29 is 9.90 Å². The van der Waals surface area contributed by atoms with Gasteiger partial charge in [0, 0.05) is 6.08 Å². The van der Waals surface area contributed by atoms with Gasteiger partial charge in [0.15, 0.2) is 0 Å². The van der Waals surface area contributed by atoms with E-state index < -0.39 is 5.97 Å². The molecule has 0 saturated carbocycles. The summed E-state index contributed by atoms with van der Waals surface area (Å²) >= 11 is 0. The van der Waals surface area contributed by atoms with Crippen LogP contribution in [0.15, 0.2) is 23.8 Å². The molecule has 0 heterocycles. The number of rotatable bonds is 10. The molecule has 1 atom stereocenters. The first-order chi connectivity index (χ1) is 8.91. The van der Waals surface area contributed by atoms with Crippen molar-refractivity contribution in [2.45, 2.75) is 66.2 Å². The standard InChI is InChI=1S/C17H30O2/c1-14(2)9-5-6-10-15(3)11-7-8-12-16(4)13-17(18)19/h8,12-15H,5-7,9-11H2,1-4H3,(H,18,19). The van der Waals surface area contributed by atoms with Gasteiger partial charge in [0.2, 0.25) is 0 Å². The Bertz CT molecular complexity index is 300. The molecule has 0 aromatic heterocycles. The fraction of sp³-hybridized carbons (Fsp3) is 0.706. The number of hydrogen-bond acceptors (Lipinski definition) is 1. The van der Waals surface area contributed by atoms with Crippen molar-refractivity contribution in [3.05, 3.63) is 23.8 Å². The molecule has 0 aliphatic rings. The third-order valence-corrected chi connectivity index (χ3v) is 3.29. The molecular formula is C17H30O2. The SMILES string of the molecule is CC(C=CCCC(C)CCCCC(C)C)=CC(=O)O. The number of aliphatic carboxylic acids is 1. The summed E-state index contributed by atoms with van der Waals surface area (Å²) < 4.78 is 0. The molecule has 0 aliphatic heterocycles. The third kappa shape index (κ3) is 13.2. The average molecular weight is 266 g/mol. The van der Waals surface area contributed by atoms with Gasteiger partial charge in [0.05, 0.1) is 0 Å². The Morgan fingerprint density at radius 3 is 2.32 bits per heavy atom. The molecule has 1 N–H and O–H groups in total. The predicted molar refractivity (Wildman–Crippen MR) is 82.2 cm³/mol. The van der Waals surface area contributed by atoms with E-state index in [1.165, 1.54) is 38.2 Å². The zero-order valence-corrected chi connectivity index (χ0v) is 13.0. The molecule has 0 bridgehead atoms. The molecule has 19 heavy (non-hydrogen) atoms. The Labute approximate surface area is 118 Å². The number of carboxylic acid groups (broad SMARTS) is 1. The Morgan fingerprint density at radius 2 is 1.74 bits per heavy atom. The van der Waals surface area contributed by atoms with Crippen molar-refractivity contribution in [2.75, 3.05) is 0 Å². The lowest BCUT2D eigenvalue weighted by Gasteiger charge is -2.10. The summed E-state index contributed by atoms with van der Waals surface area (Å²) in [5.74, 6) is 0.712. The van der Waals surface area contributed by atoms with Crippen LogP contribution in [-0.2, 0) is 4.79 Å². The summed E-state index contributed by atoms with van der Waals surface area (Å²) in [6, 6.07) is 0. The molecule has 1 unspecified atom stereocenters. The van der Waals surface area contributed by atoms with Crippen molar-refractivity contribution in [3.8, 4) is 0 Å². The Hall–Kier alpha value is -1.05. The number of allylic oxidation sites excluding steroid dienone is 3. The van der Waals surface area contributed by atoms with E-state index in [1.54, 1.807) is 0 Å². The second-order valence-corrected chi connectivity index (χ2v) is 5.99. The van der Waals surface area contributed by atoms with E-state index in [0.717, 1.165) is 23.8 Å². The minimum Gasteiger partial charge on any atom is -0.478 e. The summed E-state index contributed by atoms with van der Waals surface area (Å²) in [5, 5.41) is 8.58. The van der Waals surface area contributed by atoms with E-state index in [9.17, 15) is 4.79 Å². The topological polar surface area (TPSA) is 37.3 Å². The van der Waals surface area contributed by atoms with Gasteiger partial charge >= 0.3 is 5.97 Å². The van der Waals surface area contributed by atoms with Crippen molar-refractivity contribution in [1.29, 1.82) is 0 Å². The molecule has 0 saturated heterocycles. The Balaban J connectivity index is 3.65. The first-order valence-electron chi connectivity index (χ1n) is 7.49. The van der Waals surface area contributed by atoms with Gasteiger partial charge < -0.3 is 5.11 Å². The lowest BCUT2D eigenvalue weighted by molar-refractivity contribution is -0.131. The maximum atomic E-state index is 10.4. The maximum absolute atomic E-state index is 10.4. The van der Waals surface area contributed by atoms with E-state index in [0.29, 0.717) is 0 Å². The minimum absolute atomic E-state index is 0.764. The van der Waals surface area contributed by atoms with Crippen LogP contribution >= 0.6 is 0 Å². The van der Waals surface area contributed by atoms with Crippen LogP contribution < -0.4 is 0 Å². The Morgan fingerprint density at radius 1 is 1.11 bits per heavy atom. The molecule has 2 heteroatoms. The zero-order valence-electron chi connectivity index (χ0n) is 13.0. The predicted octanol–water partition coefficient (Wildman–Crippen LogP) is 5.21. The van der Waals surface area contributed by atoms with Gasteiger partial charge in [-0.15, -0.1) is 0 Å². The second-order valence-electron chi connectivity index (χ2n) is 5.99. The summed E-state index contributed by atoms with van der Waals surface area (Å²) in [7, 11) is 0. The third-order valence-electron chi connectivity index (χ3n) is 3.29. The number of carbonyl (C=O) groups is 1. The number of unbranched alkanes of at least 4 members (excludes halogenated alkanes) is 1. The maximum Gasteiger partial charge on any atom is 0.328 e. The highest BCUT2D eigenvalue weighted by Gasteiger charge is 2.01. The van der Waals surface area contributed by atoms with E-state index >= 15 is 0 Å². The largest absolute Gasteiger partial charge is 0.478 e. The molecule has 0 aliphatic carbocycles. The van der Waals surface area contributed by atoms with Crippen LogP contribution in [0.4, 0.5) is 0 Å². The minimum atomic E-state index is -0.874. The fourth-order valence-electron chi connectivity index (χ4n) is 2.08. The highest BCUT2D eigenvalue weighted by molar-refractivity contribution is 5.81. The van der Waals surface area contributed by atoms with E-state index in [1.807, 2.05) is 13.0 Å². The van der Waals surface area contributed by atoms with Gasteiger partial charge in [0.25, 0.3) is 0 Å². The zero-order chi connectivity index (χ0) is 14.7. The first-order valence-corrected chi connectivity index (χ1v) is 7.49. The monoisotopic (exact) mass is 266 g/mol. The Kier molecular flexibility index (Phi) is 10.2. The molecule has 0 amide bonds. The molecule has 0 fully saturated rings. The molecule has 0 aromatic carbocycles.